The highest BCUT2D eigenvalue weighted by Gasteiger charge is 2.26. The second kappa shape index (κ2) is 4.20. The lowest BCUT2D eigenvalue weighted by atomic mass is 10.2. The zero-order valence-electron chi connectivity index (χ0n) is 7.82. The van der Waals surface area contributed by atoms with Crippen LogP contribution in [-0.4, -0.2) is 17.3 Å². The Kier molecular flexibility index (Phi) is 2.94. The van der Waals surface area contributed by atoms with Gasteiger partial charge in [-0.1, -0.05) is 11.6 Å². The molecule has 0 aromatic heterocycles. The van der Waals surface area contributed by atoms with Crippen molar-refractivity contribution in [1.82, 2.24) is 0 Å². The van der Waals surface area contributed by atoms with Gasteiger partial charge in [0.1, 0.15) is 11.9 Å². The first-order chi connectivity index (χ1) is 6.75. The molecular formula is C11H13ClO2. The van der Waals surface area contributed by atoms with Crippen molar-refractivity contribution in [3.05, 3.63) is 29.3 Å². The summed E-state index contributed by atoms with van der Waals surface area (Å²) >= 11 is 5.75. The molecular weight excluding hydrogens is 200 g/mol. The third-order valence-electron chi connectivity index (χ3n) is 2.52. The molecule has 0 radical (unpaired) electrons. The van der Waals surface area contributed by atoms with Gasteiger partial charge >= 0.3 is 0 Å². The Balaban J connectivity index is 2.00. The summed E-state index contributed by atoms with van der Waals surface area (Å²) in [6, 6.07) is 7.23. The molecule has 1 fully saturated rings. The van der Waals surface area contributed by atoms with Crippen molar-refractivity contribution in [2.45, 2.75) is 31.5 Å². The quantitative estimate of drug-likeness (QED) is 0.817. The molecule has 0 saturated heterocycles. The number of benzene rings is 1. The van der Waals surface area contributed by atoms with E-state index in [2.05, 4.69) is 0 Å². The normalized spacial score (nSPS) is 26.4. The average molecular weight is 213 g/mol. The van der Waals surface area contributed by atoms with Gasteiger partial charge in [0.25, 0.3) is 0 Å². The Morgan fingerprint density at radius 1 is 1.21 bits per heavy atom. The fraction of sp³-hybridized carbons (Fsp3) is 0.455. The number of aliphatic hydroxyl groups excluding tert-OH is 1. The number of halogens is 1. The van der Waals surface area contributed by atoms with Gasteiger partial charge in [0, 0.05) is 5.02 Å². The first kappa shape index (κ1) is 9.81. The van der Waals surface area contributed by atoms with Gasteiger partial charge in [0.05, 0.1) is 6.10 Å². The van der Waals surface area contributed by atoms with E-state index in [1.165, 1.54) is 0 Å². The molecule has 0 spiro atoms. The van der Waals surface area contributed by atoms with Crippen molar-refractivity contribution in [1.29, 1.82) is 0 Å². The molecule has 14 heavy (non-hydrogen) atoms. The minimum atomic E-state index is -0.314. The third-order valence-corrected chi connectivity index (χ3v) is 2.77. The predicted octanol–water partition coefficient (Wildman–Crippen LogP) is 2.63. The van der Waals surface area contributed by atoms with Crippen LogP contribution < -0.4 is 4.74 Å². The molecule has 2 rings (SSSR count). The van der Waals surface area contributed by atoms with Gasteiger partial charge in [0.2, 0.25) is 0 Å². The van der Waals surface area contributed by atoms with Crippen LogP contribution >= 0.6 is 11.6 Å². The van der Waals surface area contributed by atoms with Crippen LogP contribution in [0.2, 0.25) is 5.02 Å². The van der Waals surface area contributed by atoms with E-state index in [1.54, 1.807) is 12.1 Å². The molecule has 1 aromatic rings. The molecule has 0 amide bonds. The highest BCUT2D eigenvalue weighted by molar-refractivity contribution is 6.30. The summed E-state index contributed by atoms with van der Waals surface area (Å²) in [6.45, 7) is 0. The van der Waals surface area contributed by atoms with Crippen LogP contribution in [0, 0.1) is 0 Å². The van der Waals surface area contributed by atoms with Crippen LogP contribution in [0.5, 0.6) is 5.75 Å². The lowest BCUT2D eigenvalue weighted by Gasteiger charge is -2.16. The Morgan fingerprint density at radius 2 is 1.93 bits per heavy atom. The van der Waals surface area contributed by atoms with Crippen molar-refractivity contribution in [2.24, 2.45) is 0 Å². The van der Waals surface area contributed by atoms with E-state index in [1.807, 2.05) is 12.1 Å². The Labute approximate surface area is 88.5 Å². The molecule has 3 heteroatoms. The number of hydrogen-bond donors (Lipinski definition) is 1. The molecule has 1 saturated carbocycles. The molecule has 0 heterocycles. The van der Waals surface area contributed by atoms with E-state index in [-0.39, 0.29) is 12.2 Å². The summed E-state index contributed by atoms with van der Waals surface area (Å²) in [4.78, 5) is 0. The minimum absolute atomic E-state index is 0.0452. The highest BCUT2D eigenvalue weighted by Crippen LogP contribution is 2.25. The molecule has 1 aromatic carbocycles. The Hall–Kier alpha value is -0.730. The molecule has 0 bridgehead atoms. The average Bonchev–Trinajstić information content (AvgIpc) is 2.56. The van der Waals surface area contributed by atoms with E-state index >= 15 is 0 Å². The molecule has 2 atom stereocenters. The van der Waals surface area contributed by atoms with Crippen LogP contribution in [-0.2, 0) is 0 Å². The molecule has 1 aliphatic carbocycles. The van der Waals surface area contributed by atoms with E-state index < -0.39 is 0 Å². The summed E-state index contributed by atoms with van der Waals surface area (Å²) in [7, 11) is 0. The maximum Gasteiger partial charge on any atom is 0.124 e. The lowest BCUT2D eigenvalue weighted by Crippen LogP contribution is -2.25. The zero-order chi connectivity index (χ0) is 9.97. The van der Waals surface area contributed by atoms with Gasteiger partial charge in [-0.25, -0.2) is 0 Å². The minimum Gasteiger partial charge on any atom is -0.488 e. The van der Waals surface area contributed by atoms with Crippen molar-refractivity contribution in [3.8, 4) is 5.75 Å². The third kappa shape index (κ3) is 2.20. The maximum atomic E-state index is 9.55. The summed E-state index contributed by atoms with van der Waals surface area (Å²) < 4.78 is 5.63. The van der Waals surface area contributed by atoms with Crippen molar-refractivity contribution >= 4 is 11.6 Å². The molecule has 2 unspecified atom stereocenters. The van der Waals surface area contributed by atoms with Gasteiger partial charge in [-0.05, 0) is 43.5 Å². The van der Waals surface area contributed by atoms with Crippen LogP contribution in [0.15, 0.2) is 24.3 Å². The van der Waals surface area contributed by atoms with Crippen LogP contribution in [0.1, 0.15) is 19.3 Å². The largest absolute Gasteiger partial charge is 0.488 e. The van der Waals surface area contributed by atoms with Gasteiger partial charge in [-0.2, -0.15) is 0 Å². The molecule has 2 nitrogen and oxygen atoms in total. The monoisotopic (exact) mass is 212 g/mol. The smallest absolute Gasteiger partial charge is 0.124 e. The zero-order valence-corrected chi connectivity index (χ0v) is 8.57. The number of ether oxygens (including phenoxy) is 1. The van der Waals surface area contributed by atoms with Crippen molar-refractivity contribution < 1.29 is 9.84 Å². The Bertz CT molecular complexity index is 297. The SMILES string of the molecule is OC1CCCC1Oc1ccc(Cl)cc1. The van der Waals surface area contributed by atoms with Crippen molar-refractivity contribution in [3.63, 3.8) is 0 Å². The number of aliphatic hydroxyl groups is 1. The van der Waals surface area contributed by atoms with Gasteiger partial charge < -0.3 is 9.84 Å². The van der Waals surface area contributed by atoms with Crippen molar-refractivity contribution in [2.75, 3.05) is 0 Å². The summed E-state index contributed by atoms with van der Waals surface area (Å²) in [5.74, 6) is 0.778. The summed E-state index contributed by atoms with van der Waals surface area (Å²) in [5.41, 5.74) is 0. The summed E-state index contributed by atoms with van der Waals surface area (Å²) in [5, 5.41) is 10.3. The number of hydrogen-bond acceptors (Lipinski definition) is 2. The highest BCUT2D eigenvalue weighted by atomic mass is 35.5. The van der Waals surface area contributed by atoms with Crippen LogP contribution in [0.3, 0.4) is 0 Å². The standard InChI is InChI=1S/C11H13ClO2/c12-8-4-6-9(7-5-8)14-11-3-1-2-10(11)13/h4-7,10-11,13H,1-3H2. The fourth-order valence-electron chi connectivity index (χ4n) is 1.73. The van der Waals surface area contributed by atoms with E-state index in [0.717, 1.165) is 25.0 Å². The first-order valence-corrected chi connectivity index (χ1v) is 5.24. The van der Waals surface area contributed by atoms with Gasteiger partial charge in [0.15, 0.2) is 0 Å². The molecule has 1 aliphatic rings. The molecule has 0 aliphatic heterocycles. The topological polar surface area (TPSA) is 29.5 Å². The van der Waals surface area contributed by atoms with Crippen LogP contribution in [0.25, 0.3) is 0 Å². The van der Waals surface area contributed by atoms with Gasteiger partial charge in [-0.15, -0.1) is 0 Å². The van der Waals surface area contributed by atoms with Crippen LogP contribution in [0.4, 0.5) is 0 Å². The van der Waals surface area contributed by atoms with Gasteiger partial charge in [-0.3, -0.25) is 0 Å². The second-order valence-electron chi connectivity index (χ2n) is 3.61. The predicted molar refractivity (Wildman–Crippen MR) is 55.7 cm³/mol. The summed E-state index contributed by atoms with van der Waals surface area (Å²) in [6.07, 6.45) is 2.46. The second-order valence-corrected chi connectivity index (χ2v) is 4.04. The number of rotatable bonds is 2. The fourth-order valence-corrected chi connectivity index (χ4v) is 1.86. The maximum absolute atomic E-state index is 9.55. The molecule has 1 N–H and O–H groups in total. The van der Waals surface area contributed by atoms with E-state index in [0.29, 0.717) is 5.02 Å². The van der Waals surface area contributed by atoms with E-state index in [9.17, 15) is 5.11 Å². The first-order valence-electron chi connectivity index (χ1n) is 4.86. The lowest BCUT2D eigenvalue weighted by molar-refractivity contribution is 0.0604. The Morgan fingerprint density at radius 3 is 2.50 bits per heavy atom. The molecule has 76 valence electrons. The van der Waals surface area contributed by atoms with E-state index in [4.69, 9.17) is 16.3 Å².